The number of methoxy groups -OCH3 is 1. The molecule has 0 fully saturated rings. The third kappa shape index (κ3) is 4.82. The molecule has 3 aromatic carbocycles. The molecule has 1 aliphatic heterocycles. The third-order valence-electron chi connectivity index (χ3n) is 4.41. The number of hydrogen-bond acceptors (Lipinski definition) is 6. The number of nitrogens with zero attached hydrogens (tertiary/aromatic N) is 1. The number of cyclic esters (lactones) is 1. The van der Waals surface area contributed by atoms with E-state index in [1.807, 2.05) is 0 Å². The minimum Gasteiger partial charge on any atom is -0.497 e. The summed E-state index contributed by atoms with van der Waals surface area (Å²) in [6.45, 7) is 0. The molecule has 0 aliphatic carbocycles. The lowest BCUT2D eigenvalue weighted by atomic mass is 10.2. The molecule has 0 saturated carbocycles. The van der Waals surface area contributed by atoms with Crippen LogP contribution < -0.4 is 9.47 Å². The van der Waals surface area contributed by atoms with Crippen molar-refractivity contribution in [1.82, 2.24) is 0 Å². The van der Waals surface area contributed by atoms with Gasteiger partial charge in [0.25, 0.3) is 0 Å². The fourth-order valence-electron chi connectivity index (χ4n) is 2.84. The van der Waals surface area contributed by atoms with Gasteiger partial charge >= 0.3 is 11.9 Å². The molecule has 1 heterocycles. The number of carbonyl (C=O) groups is 2. The van der Waals surface area contributed by atoms with Crippen molar-refractivity contribution in [2.24, 2.45) is 4.99 Å². The Kier molecular flexibility index (Phi) is 5.82. The molecule has 0 aromatic heterocycles. The fraction of sp³-hybridized carbons (Fsp3) is 0.0417. The van der Waals surface area contributed by atoms with Gasteiger partial charge in [0.15, 0.2) is 5.70 Å². The minimum atomic E-state index is -0.551. The van der Waals surface area contributed by atoms with Crippen molar-refractivity contribution in [3.8, 4) is 11.5 Å². The van der Waals surface area contributed by atoms with Crippen LogP contribution in [0.3, 0.4) is 0 Å². The average Bonchev–Trinajstić information content (AvgIpc) is 3.15. The van der Waals surface area contributed by atoms with E-state index >= 15 is 0 Å². The van der Waals surface area contributed by atoms with Crippen molar-refractivity contribution in [2.75, 3.05) is 7.11 Å². The van der Waals surface area contributed by atoms with Crippen molar-refractivity contribution in [3.63, 3.8) is 0 Å². The van der Waals surface area contributed by atoms with Gasteiger partial charge < -0.3 is 14.2 Å². The summed E-state index contributed by atoms with van der Waals surface area (Å²) in [5.74, 6) is 0.193. The molecule has 0 radical (unpaired) electrons. The second-order valence-electron chi connectivity index (χ2n) is 6.53. The minimum absolute atomic E-state index is 0.165. The van der Waals surface area contributed by atoms with Crippen molar-refractivity contribution >= 4 is 35.5 Å². The van der Waals surface area contributed by atoms with Crippen molar-refractivity contribution < 1.29 is 23.8 Å². The lowest BCUT2D eigenvalue weighted by Gasteiger charge is -2.05. The molecule has 7 heteroatoms. The van der Waals surface area contributed by atoms with Crippen LogP contribution in [0.5, 0.6) is 11.5 Å². The number of carbonyl (C=O) groups excluding carboxylic acids is 2. The van der Waals surface area contributed by atoms with Gasteiger partial charge in [0.05, 0.1) is 12.7 Å². The summed E-state index contributed by atoms with van der Waals surface area (Å²) in [5, 5.41) is 0.522. The molecule has 0 bridgehead atoms. The predicted octanol–water partition coefficient (Wildman–Crippen LogP) is 4.91. The molecule has 4 rings (SSSR count). The number of hydrogen-bond donors (Lipinski definition) is 0. The van der Waals surface area contributed by atoms with Crippen LogP contribution in [0.4, 0.5) is 0 Å². The molecule has 0 amide bonds. The molecule has 3 aromatic rings. The summed E-state index contributed by atoms with van der Waals surface area (Å²) >= 11 is 5.98. The molecule has 0 atom stereocenters. The van der Waals surface area contributed by atoms with E-state index in [0.717, 1.165) is 0 Å². The van der Waals surface area contributed by atoms with E-state index in [2.05, 4.69) is 4.99 Å². The maximum absolute atomic E-state index is 12.3. The number of ether oxygens (including phenoxy) is 3. The third-order valence-corrected chi connectivity index (χ3v) is 4.65. The topological polar surface area (TPSA) is 74.2 Å². The molecule has 0 N–H and O–H groups in total. The van der Waals surface area contributed by atoms with Crippen LogP contribution in [0.2, 0.25) is 5.02 Å². The Morgan fingerprint density at radius 2 is 1.71 bits per heavy atom. The molecule has 0 unspecified atom stereocenters. The van der Waals surface area contributed by atoms with Crippen molar-refractivity contribution in [3.05, 3.63) is 100 Å². The van der Waals surface area contributed by atoms with E-state index < -0.39 is 11.9 Å². The number of benzene rings is 3. The molecule has 1 aliphatic rings. The van der Waals surface area contributed by atoms with Crippen LogP contribution in [-0.4, -0.2) is 24.9 Å². The standard InChI is InChI=1S/C24H16ClNO5/c1-29-19-11-7-16(8-12-19)23(27)30-20-9-5-15(6-10-20)13-21-24(28)31-22(26-21)17-3-2-4-18(25)14-17/h2-14H,1H3/b21-13-. The predicted molar refractivity (Wildman–Crippen MR) is 116 cm³/mol. The first-order chi connectivity index (χ1) is 15.0. The van der Waals surface area contributed by atoms with Crippen LogP contribution >= 0.6 is 11.6 Å². The summed E-state index contributed by atoms with van der Waals surface area (Å²) in [5.41, 5.74) is 1.89. The van der Waals surface area contributed by atoms with Gasteiger partial charge in [-0.05, 0) is 66.2 Å². The van der Waals surface area contributed by atoms with Crippen LogP contribution in [0, 0.1) is 0 Å². The van der Waals surface area contributed by atoms with Crippen molar-refractivity contribution in [1.29, 1.82) is 0 Å². The Labute approximate surface area is 183 Å². The van der Waals surface area contributed by atoms with Crippen LogP contribution in [-0.2, 0) is 9.53 Å². The highest BCUT2D eigenvalue weighted by Gasteiger charge is 2.24. The summed E-state index contributed by atoms with van der Waals surface area (Å²) < 4.78 is 15.7. The van der Waals surface area contributed by atoms with Crippen LogP contribution in [0.25, 0.3) is 6.08 Å². The van der Waals surface area contributed by atoms with Gasteiger partial charge in [-0.15, -0.1) is 0 Å². The zero-order valence-corrected chi connectivity index (χ0v) is 17.1. The number of aliphatic imine (C=N–C) groups is 1. The largest absolute Gasteiger partial charge is 0.497 e. The first-order valence-electron chi connectivity index (χ1n) is 9.26. The van der Waals surface area contributed by atoms with E-state index in [1.165, 1.54) is 0 Å². The summed E-state index contributed by atoms with van der Waals surface area (Å²) in [6, 6.07) is 20.2. The van der Waals surface area contributed by atoms with Gasteiger partial charge in [0, 0.05) is 10.6 Å². The normalized spacial score (nSPS) is 14.2. The highest BCUT2D eigenvalue weighted by atomic mass is 35.5. The van der Waals surface area contributed by atoms with Gasteiger partial charge in [-0.3, -0.25) is 0 Å². The van der Waals surface area contributed by atoms with E-state index in [9.17, 15) is 9.59 Å². The lowest BCUT2D eigenvalue weighted by molar-refractivity contribution is -0.129. The second kappa shape index (κ2) is 8.85. The van der Waals surface area contributed by atoms with Crippen LogP contribution in [0.1, 0.15) is 21.5 Å². The SMILES string of the molecule is COc1ccc(C(=O)Oc2ccc(/C=C3\N=C(c4cccc(Cl)c4)OC3=O)cc2)cc1. The Bertz CT molecular complexity index is 1200. The number of halogens is 1. The van der Waals surface area contributed by atoms with Crippen LogP contribution in [0.15, 0.2) is 83.5 Å². The van der Waals surface area contributed by atoms with Gasteiger partial charge in [-0.25, -0.2) is 14.6 Å². The van der Waals surface area contributed by atoms with Gasteiger partial charge in [0.2, 0.25) is 5.90 Å². The zero-order chi connectivity index (χ0) is 21.8. The first kappa shape index (κ1) is 20.4. The lowest BCUT2D eigenvalue weighted by Crippen LogP contribution is -2.08. The zero-order valence-electron chi connectivity index (χ0n) is 16.4. The summed E-state index contributed by atoms with van der Waals surface area (Å²) in [6.07, 6.45) is 1.59. The smallest absolute Gasteiger partial charge is 0.363 e. The summed E-state index contributed by atoms with van der Waals surface area (Å²) in [4.78, 5) is 28.6. The maximum Gasteiger partial charge on any atom is 0.363 e. The molecule has 0 saturated heterocycles. The highest BCUT2D eigenvalue weighted by molar-refractivity contribution is 6.31. The number of esters is 2. The van der Waals surface area contributed by atoms with E-state index in [4.69, 9.17) is 25.8 Å². The van der Waals surface area contributed by atoms with Crippen molar-refractivity contribution in [2.45, 2.75) is 0 Å². The molecule has 154 valence electrons. The first-order valence-corrected chi connectivity index (χ1v) is 9.64. The molecule has 0 spiro atoms. The van der Waals surface area contributed by atoms with Gasteiger partial charge in [-0.2, -0.15) is 0 Å². The Morgan fingerprint density at radius 3 is 2.39 bits per heavy atom. The Hall–Kier alpha value is -3.90. The van der Waals surface area contributed by atoms with E-state index in [1.54, 1.807) is 86.0 Å². The van der Waals surface area contributed by atoms with Gasteiger partial charge in [0.1, 0.15) is 11.5 Å². The van der Waals surface area contributed by atoms with Gasteiger partial charge in [-0.1, -0.05) is 29.8 Å². The Balaban J connectivity index is 1.47. The maximum atomic E-state index is 12.3. The molecular weight excluding hydrogens is 418 g/mol. The number of rotatable bonds is 5. The monoisotopic (exact) mass is 433 g/mol. The molecular formula is C24H16ClNO5. The summed E-state index contributed by atoms with van der Waals surface area (Å²) in [7, 11) is 1.55. The molecule has 31 heavy (non-hydrogen) atoms. The quantitative estimate of drug-likeness (QED) is 0.324. The van der Waals surface area contributed by atoms with E-state index in [-0.39, 0.29) is 11.6 Å². The average molecular weight is 434 g/mol. The Morgan fingerprint density at radius 1 is 1.00 bits per heavy atom. The highest BCUT2D eigenvalue weighted by Crippen LogP contribution is 2.22. The second-order valence-corrected chi connectivity index (χ2v) is 6.97. The molecule has 6 nitrogen and oxygen atoms in total. The van der Waals surface area contributed by atoms with E-state index in [0.29, 0.717) is 33.2 Å². The fourth-order valence-corrected chi connectivity index (χ4v) is 3.03.